The molecule has 0 amide bonds. The topological polar surface area (TPSA) is 93.8 Å². The van der Waals surface area contributed by atoms with Crippen molar-refractivity contribution in [1.82, 2.24) is 19.6 Å². The van der Waals surface area contributed by atoms with E-state index in [1.807, 2.05) is 30.3 Å². The van der Waals surface area contributed by atoms with E-state index >= 15 is 0 Å². The van der Waals surface area contributed by atoms with Gasteiger partial charge in [0.25, 0.3) is 0 Å². The number of hydrogen-bond acceptors (Lipinski definition) is 7. The van der Waals surface area contributed by atoms with Crippen molar-refractivity contribution in [1.29, 1.82) is 0 Å². The summed E-state index contributed by atoms with van der Waals surface area (Å²) in [5, 5.41) is 17.6. The fourth-order valence-electron chi connectivity index (χ4n) is 3.56. The van der Waals surface area contributed by atoms with Gasteiger partial charge in [-0.1, -0.05) is 39.0 Å². The molecule has 2 N–H and O–H groups in total. The summed E-state index contributed by atoms with van der Waals surface area (Å²) in [6.07, 6.45) is 3.17. The summed E-state index contributed by atoms with van der Waals surface area (Å²) in [5.74, 6) is 0.570. The summed E-state index contributed by atoms with van der Waals surface area (Å²) in [6, 6.07) is 9.81. The largest absolute Gasteiger partial charge is 0.411 e. The van der Waals surface area contributed by atoms with Crippen LogP contribution >= 0.6 is 0 Å². The normalized spacial score (nSPS) is 22.2. The molecule has 0 spiro atoms. The number of ether oxygens (including phenoxy) is 1. The molecule has 2 aromatic heterocycles. The summed E-state index contributed by atoms with van der Waals surface area (Å²) >= 11 is 0. The third kappa shape index (κ3) is 4.36. The average Bonchev–Trinajstić information content (AvgIpc) is 3.32. The zero-order chi connectivity index (χ0) is 22.2. The number of aliphatic hydroxyl groups is 1. The van der Waals surface area contributed by atoms with E-state index in [-0.39, 0.29) is 30.0 Å². The third-order valence-electron chi connectivity index (χ3n) is 6.30. The minimum absolute atomic E-state index is 0.0388. The summed E-state index contributed by atoms with van der Waals surface area (Å²) in [7, 11) is -2.03. The number of aliphatic hydroxyl groups excluding tert-OH is 1. The highest BCUT2D eigenvalue weighted by molar-refractivity contribution is 6.74. The van der Waals surface area contributed by atoms with Crippen LogP contribution in [0.25, 0.3) is 5.65 Å². The molecular formula is C22H31N5O3Si. The summed E-state index contributed by atoms with van der Waals surface area (Å²) in [4.78, 5) is 8.84. The van der Waals surface area contributed by atoms with Gasteiger partial charge in [0.2, 0.25) is 5.95 Å². The van der Waals surface area contributed by atoms with E-state index < -0.39 is 8.32 Å². The molecule has 1 saturated heterocycles. The Bertz CT molecular complexity index is 1030. The number of para-hydroxylation sites is 1. The van der Waals surface area contributed by atoms with Crippen LogP contribution in [0.1, 0.15) is 38.9 Å². The first-order valence-corrected chi connectivity index (χ1v) is 13.6. The van der Waals surface area contributed by atoms with Crippen LogP contribution in [0.15, 0.2) is 42.9 Å². The highest BCUT2D eigenvalue weighted by atomic mass is 28.4. The van der Waals surface area contributed by atoms with Crippen LogP contribution in [0.5, 0.6) is 0 Å². The van der Waals surface area contributed by atoms with Crippen LogP contribution in [0.2, 0.25) is 18.1 Å². The van der Waals surface area contributed by atoms with E-state index in [4.69, 9.17) is 9.16 Å². The lowest BCUT2D eigenvalue weighted by molar-refractivity contribution is -0.00792. The van der Waals surface area contributed by atoms with Gasteiger partial charge in [-0.3, -0.25) is 0 Å². The summed E-state index contributed by atoms with van der Waals surface area (Å²) in [6.45, 7) is 11.1. The third-order valence-corrected chi connectivity index (χ3v) is 10.8. The van der Waals surface area contributed by atoms with Crippen molar-refractivity contribution in [2.75, 3.05) is 11.9 Å². The molecule has 3 aromatic rings. The van der Waals surface area contributed by atoms with E-state index in [9.17, 15) is 5.11 Å². The number of anilines is 2. The Balaban J connectivity index is 1.67. The zero-order valence-corrected chi connectivity index (χ0v) is 19.7. The van der Waals surface area contributed by atoms with E-state index in [1.165, 1.54) is 6.33 Å². The Labute approximate surface area is 183 Å². The quantitative estimate of drug-likeness (QED) is 0.557. The van der Waals surface area contributed by atoms with Crippen molar-refractivity contribution >= 4 is 25.6 Å². The van der Waals surface area contributed by atoms with Gasteiger partial charge >= 0.3 is 0 Å². The Hall–Kier alpha value is -2.33. The van der Waals surface area contributed by atoms with Crippen LogP contribution in [0.4, 0.5) is 11.6 Å². The van der Waals surface area contributed by atoms with Gasteiger partial charge in [0.05, 0.1) is 25.0 Å². The Morgan fingerprint density at radius 2 is 1.97 bits per heavy atom. The molecule has 3 heterocycles. The maximum atomic E-state index is 9.75. The summed E-state index contributed by atoms with van der Waals surface area (Å²) in [5.41, 5.74) is 2.43. The minimum Gasteiger partial charge on any atom is -0.411 e. The van der Waals surface area contributed by atoms with Gasteiger partial charge in [0, 0.05) is 17.7 Å². The minimum atomic E-state index is -2.03. The molecule has 1 fully saturated rings. The second kappa shape index (κ2) is 8.31. The molecule has 0 bridgehead atoms. The molecule has 1 aliphatic rings. The van der Waals surface area contributed by atoms with Gasteiger partial charge in [-0.25, -0.2) is 9.97 Å². The number of benzene rings is 1. The highest BCUT2D eigenvalue weighted by Gasteiger charge is 2.45. The smallest absolute Gasteiger partial charge is 0.231 e. The number of hydrogen-bond donors (Lipinski definition) is 2. The van der Waals surface area contributed by atoms with Gasteiger partial charge in [-0.15, -0.1) is 0 Å². The first-order valence-electron chi connectivity index (χ1n) is 10.6. The van der Waals surface area contributed by atoms with Crippen molar-refractivity contribution in [2.24, 2.45) is 0 Å². The van der Waals surface area contributed by atoms with E-state index in [0.717, 1.165) is 11.3 Å². The average molecular weight is 442 g/mol. The predicted octanol–water partition coefficient (Wildman–Crippen LogP) is 4.08. The van der Waals surface area contributed by atoms with Gasteiger partial charge in [0.1, 0.15) is 12.4 Å². The lowest BCUT2D eigenvalue weighted by Gasteiger charge is -2.39. The first-order chi connectivity index (χ1) is 14.7. The van der Waals surface area contributed by atoms with Crippen molar-refractivity contribution in [3.05, 3.63) is 48.4 Å². The van der Waals surface area contributed by atoms with E-state index in [0.29, 0.717) is 18.0 Å². The molecule has 0 unspecified atom stereocenters. The lowest BCUT2D eigenvalue weighted by Crippen LogP contribution is -2.44. The van der Waals surface area contributed by atoms with Gasteiger partial charge in [-0.2, -0.15) is 9.61 Å². The van der Waals surface area contributed by atoms with Crippen molar-refractivity contribution in [3.8, 4) is 0 Å². The lowest BCUT2D eigenvalue weighted by atomic mass is 10.1. The van der Waals surface area contributed by atoms with Crippen molar-refractivity contribution in [2.45, 2.75) is 63.6 Å². The fraction of sp³-hybridized carbons (Fsp3) is 0.500. The predicted molar refractivity (Wildman–Crippen MR) is 122 cm³/mol. The molecule has 3 atom stereocenters. The highest BCUT2D eigenvalue weighted by Crippen LogP contribution is 2.43. The van der Waals surface area contributed by atoms with Crippen LogP contribution < -0.4 is 5.32 Å². The van der Waals surface area contributed by atoms with Crippen molar-refractivity contribution < 1.29 is 14.3 Å². The SMILES string of the molecule is CC(C)(C)[Si](C)(C)O[C@H]1C[C@H](CO)O[C@H]1c1cnn2c(Nc3ccccc3)ncnc12. The molecule has 0 saturated carbocycles. The number of rotatable bonds is 6. The standard InChI is InChI=1S/C22H31N5O3Si/c1-22(2,3)31(4,5)30-18-11-16(13-28)29-19(18)17-12-25-27-20(17)23-14-24-21(27)26-15-9-7-6-8-10-15/h6-10,12,14,16,18-19,28H,11,13H2,1-5H3,(H,23,24,26)/t16-,18+,19+/m1/s1. The summed E-state index contributed by atoms with van der Waals surface area (Å²) < 4.78 is 14.6. The molecule has 0 aliphatic carbocycles. The number of fused-ring (bicyclic) bond motifs is 1. The molecule has 31 heavy (non-hydrogen) atoms. The Morgan fingerprint density at radius 1 is 1.23 bits per heavy atom. The van der Waals surface area contributed by atoms with Gasteiger partial charge in [-0.05, 0) is 30.3 Å². The molecule has 1 aromatic carbocycles. The number of nitrogens with zero attached hydrogens (tertiary/aromatic N) is 4. The molecule has 0 radical (unpaired) electrons. The molecule has 166 valence electrons. The molecular weight excluding hydrogens is 410 g/mol. The van der Waals surface area contributed by atoms with Crippen LogP contribution in [-0.4, -0.2) is 51.8 Å². The fourth-order valence-corrected chi connectivity index (χ4v) is 4.89. The maximum absolute atomic E-state index is 9.75. The first kappa shape index (κ1) is 21.9. The maximum Gasteiger partial charge on any atom is 0.231 e. The van der Waals surface area contributed by atoms with Crippen LogP contribution in [0, 0.1) is 0 Å². The Morgan fingerprint density at radius 3 is 2.65 bits per heavy atom. The molecule has 4 rings (SSSR count). The zero-order valence-electron chi connectivity index (χ0n) is 18.7. The number of nitrogens with one attached hydrogen (secondary N) is 1. The van der Waals surface area contributed by atoms with Gasteiger partial charge < -0.3 is 19.6 Å². The molecule has 9 heteroatoms. The Kier molecular flexibility index (Phi) is 5.86. The van der Waals surface area contributed by atoms with Crippen molar-refractivity contribution in [3.63, 3.8) is 0 Å². The van der Waals surface area contributed by atoms with Gasteiger partial charge in [0.15, 0.2) is 14.0 Å². The number of aromatic nitrogens is 4. The second-order valence-corrected chi connectivity index (χ2v) is 14.3. The second-order valence-electron chi connectivity index (χ2n) is 9.54. The van der Waals surface area contributed by atoms with E-state index in [1.54, 1.807) is 10.7 Å². The van der Waals surface area contributed by atoms with E-state index in [2.05, 4.69) is 54.2 Å². The molecule has 1 aliphatic heterocycles. The monoisotopic (exact) mass is 441 g/mol. The van der Waals surface area contributed by atoms with Crippen LogP contribution in [-0.2, 0) is 9.16 Å². The van der Waals surface area contributed by atoms with Crippen LogP contribution in [0.3, 0.4) is 0 Å². The molecule has 8 nitrogen and oxygen atoms in total.